The number of benzene rings is 2. The van der Waals surface area contributed by atoms with E-state index in [9.17, 15) is 18.0 Å². The minimum absolute atomic E-state index is 0.0637. The lowest BCUT2D eigenvalue weighted by Crippen LogP contribution is -2.46. The molecule has 1 N–H and O–H groups in total. The second kappa shape index (κ2) is 8.87. The van der Waals surface area contributed by atoms with Crippen LogP contribution in [0.1, 0.15) is 41.3 Å². The van der Waals surface area contributed by atoms with E-state index < -0.39 is 10.1 Å². The van der Waals surface area contributed by atoms with E-state index >= 15 is 0 Å². The third-order valence-corrected chi connectivity index (χ3v) is 6.50. The minimum Gasteiger partial charge on any atom is -0.379 e. The van der Waals surface area contributed by atoms with Crippen LogP contribution in [0.2, 0.25) is 0 Å². The first kappa shape index (κ1) is 21.8. The van der Waals surface area contributed by atoms with E-state index in [1.165, 1.54) is 19.1 Å². The van der Waals surface area contributed by atoms with Crippen LogP contribution in [0.25, 0.3) is 0 Å². The van der Waals surface area contributed by atoms with E-state index in [0.717, 1.165) is 5.56 Å². The number of carbonyl (C=O) groups excluding carboxylic acids is 2. The summed E-state index contributed by atoms with van der Waals surface area (Å²) in [4.78, 5) is 25.7. The fourth-order valence-corrected chi connectivity index (χ4v) is 4.75. The zero-order valence-electron chi connectivity index (χ0n) is 17.3. The van der Waals surface area contributed by atoms with Crippen molar-refractivity contribution in [2.45, 2.75) is 44.6 Å². The van der Waals surface area contributed by atoms with Gasteiger partial charge in [-0.2, -0.15) is 8.42 Å². The fourth-order valence-electron chi connectivity index (χ4n) is 3.50. The van der Waals surface area contributed by atoms with Gasteiger partial charge in [0.15, 0.2) is 0 Å². The van der Waals surface area contributed by atoms with Gasteiger partial charge >= 0.3 is 10.1 Å². The van der Waals surface area contributed by atoms with Crippen molar-refractivity contribution in [3.8, 4) is 5.75 Å². The summed E-state index contributed by atoms with van der Waals surface area (Å²) in [5.74, 6) is -0.0387. The number of hydrogen-bond acceptors (Lipinski definition) is 5. The van der Waals surface area contributed by atoms with Crippen LogP contribution in [0.3, 0.4) is 0 Å². The molecule has 0 unspecified atom stereocenters. The first-order valence-electron chi connectivity index (χ1n) is 9.84. The van der Waals surface area contributed by atoms with Gasteiger partial charge in [-0.1, -0.05) is 12.1 Å². The molecule has 3 rings (SSSR count). The van der Waals surface area contributed by atoms with Crippen LogP contribution in [0.5, 0.6) is 5.75 Å². The Labute approximate surface area is 177 Å². The molecule has 2 aromatic carbocycles. The molecule has 30 heavy (non-hydrogen) atoms. The summed E-state index contributed by atoms with van der Waals surface area (Å²) >= 11 is 0. The summed E-state index contributed by atoms with van der Waals surface area (Å²) < 4.78 is 30.5. The van der Waals surface area contributed by atoms with Crippen LogP contribution in [0.15, 0.2) is 47.4 Å². The Morgan fingerprint density at radius 1 is 1.03 bits per heavy atom. The molecule has 0 radical (unpaired) electrons. The Morgan fingerprint density at radius 2 is 1.67 bits per heavy atom. The average molecular weight is 431 g/mol. The third kappa shape index (κ3) is 5.18. The van der Waals surface area contributed by atoms with E-state index in [1.54, 1.807) is 36.1 Å². The number of likely N-dealkylation sites (tertiary alicyclic amines) is 1. The van der Waals surface area contributed by atoms with Crippen molar-refractivity contribution in [3.63, 3.8) is 0 Å². The van der Waals surface area contributed by atoms with Gasteiger partial charge in [-0.25, -0.2) is 0 Å². The second-order valence-corrected chi connectivity index (χ2v) is 9.11. The van der Waals surface area contributed by atoms with Crippen molar-refractivity contribution in [3.05, 3.63) is 59.2 Å². The van der Waals surface area contributed by atoms with Gasteiger partial charge in [0.05, 0.1) is 0 Å². The Hall–Kier alpha value is -2.87. The quantitative estimate of drug-likeness (QED) is 0.737. The standard InChI is InChI=1S/C22H26N2O5S/c1-15-4-5-16(2)21(14-15)30(27,28)29-20-8-6-18(7-9-20)22(26)24-12-10-19(11-13-24)23-17(3)25/h4-9,14,19H,10-13H2,1-3H3,(H,23,25). The number of aryl methyl sites for hydroxylation is 2. The number of amides is 2. The number of nitrogens with zero attached hydrogens (tertiary/aromatic N) is 1. The summed E-state index contributed by atoms with van der Waals surface area (Å²) in [6.45, 7) is 6.14. The molecule has 0 atom stereocenters. The Kier molecular flexibility index (Phi) is 6.45. The summed E-state index contributed by atoms with van der Waals surface area (Å²) in [6.07, 6.45) is 1.42. The number of rotatable bonds is 5. The molecule has 160 valence electrons. The highest BCUT2D eigenvalue weighted by atomic mass is 32.2. The van der Waals surface area contributed by atoms with Gasteiger partial charge < -0.3 is 14.4 Å². The number of nitrogens with one attached hydrogen (secondary N) is 1. The molecule has 2 aromatic rings. The van der Waals surface area contributed by atoms with Gasteiger partial charge in [0.25, 0.3) is 5.91 Å². The van der Waals surface area contributed by atoms with Crippen molar-refractivity contribution < 1.29 is 22.2 Å². The average Bonchev–Trinajstić information content (AvgIpc) is 2.69. The van der Waals surface area contributed by atoms with E-state index in [1.807, 2.05) is 13.0 Å². The molecule has 0 aliphatic carbocycles. The second-order valence-electron chi connectivity index (χ2n) is 7.60. The van der Waals surface area contributed by atoms with Gasteiger partial charge in [-0.05, 0) is 68.1 Å². The van der Waals surface area contributed by atoms with E-state index in [4.69, 9.17) is 4.18 Å². The topological polar surface area (TPSA) is 92.8 Å². The monoisotopic (exact) mass is 430 g/mol. The van der Waals surface area contributed by atoms with Gasteiger partial charge in [0, 0.05) is 31.6 Å². The highest BCUT2D eigenvalue weighted by molar-refractivity contribution is 7.87. The molecular weight excluding hydrogens is 404 g/mol. The Balaban J connectivity index is 1.66. The molecule has 1 aliphatic rings. The maximum absolute atomic E-state index is 12.7. The van der Waals surface area contributed by atoms with E-state index in [-0.39, 0.29) is 28.5 Å². The van der Waals surface area contributed by atoms with Crippen LogP contribution in [0.4, 0.5) is 0 Å². The molecule has 0 aromatic heterocycles. The van der Waals surface area contributed by atoms with Crippen molar-refractivity contribution in [1.29, 1.82) is 0 Å². The zero-order chi connectivity index (χ0) is 21.9. The van der Waals surface area contributed by atoms with Crippen LogP contribution in [0, 0.1) is 13.8 Å². The highest BCUT2D eigenvalue weighted by Gasteiger charge is 2.24. The van der Waals surface area contributed by atoms with E-state index in [2.05, 4.69) is 5.32 Å². The third-order valence-electron chi connectivity index (χ3n) is 5.11. The molecule has 1 heterocycles. The van der Waals surface area contributed by atoms with Gasteiger partial charge in [0.2, 0.25) is 5.91 Å². The zero-order valence-corrected chi connectivity index (χ0v) is 18.2. The minimum atomic E-state index is -3.97. The summed E-state index contributed by atoms with van der Waals surface area (Å²) in [5, 5.41) is 2.88. The molecule has 7 nitrogen and oxygen atoms in total. The predicted molar refractivity (Wildman–Crippen MR) is 113 cm³/mol. The largest absolute Gasteiger partial charge is 0.379 e. The predicted octanol–water partition coefficient (Wildman–Crippen LogP) is 2.81. The molecule has 1 saturated heterocycles. The van der Waals surface area contributed by atoms with Gasteiger partial charge in [-0.15, -0.1) is 0 Å². The Morgan fingerprint density at radius 3 is 2.27 bits per heavy atom. The first-order valence-corrected chi connectivity index (χ1v) is 11.2. The molecular formula is C22H26N2O5S. The number of piperidine rings is 1. The Bertz CT molecular complexity index is 1040. The SMILES string of the molecule is CC(=O)NC1CCN(C(=O)c2ccc(OS(=O)(=O)c3cc(C)ccc3C)cc2)CC1. The van der Waals surface area contributed by atoms with Crippen molar-refractivity contribution >= 4 is 21.9 Å². The normalized spacial score (nSPS) is 15.0. The molecule has 1 aliphatic heterocycles. The van der Waals surface area contributed by atoms with Crippen molar-refractivity contribution in [2.24, 2.45) is 0 Å². The number of hydrogen-bond donors (Lipinski definition) is 1. The molecule has 0 bridgehead atoms. The fraction of sp³-hybridized carbons (Fsp3) is 0.364. The molecule has 0 spiro atoms. The lowest BCUT2D eigenvalue weighted by Gasteiger charge is -2.32. The maximum atomic E-state index is 12.7. The lowest BCUT2D eigenvalue weighted by atomic mass is 10.0. The van der Waals surface area contributed by atoms with Gasteiger partial charge in [-0.3, -0.25) is 9.59 Å². The van der Waals surface area contributed by atoms with Crippen LogP contribution < -0.4 is 9.50 Å². The molecule has 1 fully saturated rings. The lowest BCUT2D eigenvalue weighted by molar-refractivity contribution is -0.119. The molecule has 2 amide bonds. The van der Waals surface area contributed by atoms with Crippen LogP contribution >= 0.6 is 0 Å². The molecule has 8 heteroatoms. The summed E-state index contributed by atoms with van der Waals surface area (Å²) in [6, 6.07) is 11.4. The van der Waals surface area contributed by atoms with Crippen molar-refractivity contribution in [2.75, 3.05) is 13.1 Å². The molecule has 0 saturated carbocycles. The summed E-state index contributed by atoms with van der Waals surface area (Å²) in [5.41, 5.74) is 1.89. The summed E-state index contributed by atoms with van der Waals surface area (Å²) in [7, 11) is -3.97. The van der Waals surface area contributed by atoms with Crippen LogP contribution in [-0.4, -0.2) is 44.3 Å². The first-order chi connectivity index (χ1) is 14.2. The van der Waals surface area contributed by atoms with E-state index in [0.29, 0.717) is 37.1 Å². The van der Waals surface area contributed by atoms with Gasteiger partial charge in [0.1, 0.15) is 10.6 Å². The van der Waals surface area contributed by atoms with Crippen molar-refractivity contribution in [1.82, 2.24) is 10.2 Å². The maximum Gasteiger partial charge on any atom is 0.339 e. The number of carbonyl (C=O) groups is 2. The highest BCUT2D eigenvalue weighted by Crippen LogP contribution is 2.23. The smallest absolute Gasteiger partial charge is 0.339 e. The van der Waals surface area contributed by atoms with Crippen LogP contribution in [-0.2, 0) is 14.9 Å².